The highest BCUT2D eigenvalue weighted by Gasteiger charge is 2.12. The summed E-state index contributed by atoms with van der Waals surface area (Å²) in [5.41, 5.74) is 2.02. The fourth-order valence-electron chi connectivity index (χ4n) is 1.84. The molecule has 0 bridgehead atoms. The summed E-state index contributed by atoms with van der Waals surface area (Å²) in [6.07, 6.45) is 2.39. The molecule has 3 nitrogen and oxygen atoms in total. The van der Waals surface area contributed by atoms with Crippen LogP contribution in [-0.2, 0) is 13.1 Å². The Morgan fingerprint density at radius 2 is 2.12 bits per heavy atom. The zero-order valence-corrected chi connectivity index (χ0v) is 11.4. The summed E-state index contributed by atoms with van der Waals surface area (Å²) in [4.78, 5) is 0. The summed E-state index contributed by atoms with van der Waals surface area (Å²) in [5, 5.41) is 8.68. The quantitative estimate of drug-likeness (QED) is 0.832. The highest BCUT2D eigenvalue weighted by Crippen LogP contribution is 2.20. The zero-order chi connectivity index (χ0) is 12.1. The summed E-state index contributed by atoms with van der Waals surface area (Å²) in [5.74, 6) is 0. The molecule has 0 amide bonds. The first-order valence-corrected chi connectivity index (χ1v) is 6.43. The van der Waals surface area contributed by atoms with Crippen molar-refractivity contribution in [3.05, 3.63) is 16.4 Å². The predicted octanol–water partition coefficient (Wildman–Crippen LogP) is 3.14. The van der Waals surface area contributed by atoms with Crippen molar-refractivity contribution in [2.45, 2.75) is 59.7 Å². The normalized spacial score (nSPS) is 13.1. The molecule has 92 valence electrons. The van der Waals surface area contributed by atoms with E-state index in [-0.39, 0.29) is 0 Å². The molecule has 0 radical (unpaired) electrons. The van der Waals surface area contributed by atoms with Gasteiger partial charge in [0.15, 0.2) is 0 Å². The average Bonchev–Trinajstić information content (AvgIpc) is 2.53. The van der Waals surface area contributed by atoms with E-state index in [4.69, 9.17) is 11.6 Å². The van der Waals surface area contributed by atoms with Crippen LogP contribution in [0.1, 0.15) is 45.0 Å². The number of halogens is 1. The number of nitrogens with one attached hydrogen (secondary N) is 1. The summed E-state index contributed by atoms with van der Waals surface area (Å²) < 4.78 is 1.98. The molecule has 0 aliphatic heterocycles. The minimum Gasteiger partial charge on any atom is -0.309 e. The van der Waals surface area contributed by atoms with Crippen molar-refractivity contribution in [2.75, 3.05) is 0 Å². The van der Waals surface area contributed by atoms with Gasteiger partial charge in [-0.05, 0) is 27.2 Å². The van der Waals surface area contributed by atoms with Gasteiger partial charge in [0.1, 0.15) is 0 Å². The first kappa shape index (κ1) is 13.5. The van der Waals surface area contributed by atoms with Gasteiger partial charge in [0.2, 0.25) is 0 Å². The van der Waals surface area contributed by atoms with E-state index in [1.807, 2.05) is 11.6 Å². The molecule has 0 fully saturated rings. The average molecular weight is 244 g/mol. The summed E-state index contributed by atoms with van der Waals surface area (Å²) in [6.45, 7) is 10.1. The van der Waals surface area contributed by atoms with Gasteiger partial charge in [-0.15, -0.1) is 0 Å². The number of hydrogen-bond acceptors (Lipinski definition) is 2. The largest absolute Gasteiger partial charge is 0.309 e. The SMILES string of the molecule is CCCC(C)NCc1c(Cl)c(C)nn1CC. The van der Waals surface area contributed by atoms with E-state index < -0.39 is 0 Å². The van der Waals surface area contributed by atoms with Crippen LogP contribution >= 0.6 is 11.6 Å². The van der Waals surface area contributed by atoms with Gasteiger partial charge in [0.25, 0.3) is 0 Å². The fourth-order valence-corrected chi connectivity index (χ4v) is 2.05. The maximum atomic E-state index is 6.23. The van der Waals surface area contributed by atoms with E-state index in [1.54, 1.807) is 0 Å². The number of nitrogens with zero attached hydrogens (tertiary/aromatic N) is 2. The van der Waals surface area contributed by atoms with Crippen LogP contribution in [-0.4, -0.2) is 15.8 Å². The minimum absolute atomic E-state index is 0.529. The second kappa shape index (κ2) is 6.26. The number of hydrogen-bond donors (Lipinski definition) is 1. The molecule has 0 saturated carbocycles. The molecule has 4 heteroatoms. The zero-order valence-electron chi connectivity index (χ0n) is 10.7. The smallest absolute Gasteiger partial charge is 0.0860 e. The van der Waals surface area contributed by atoms with Crippen molar-refractivity contribution < 1.29 is 0 Å². The Labute approximate surface area is 103 Å². The third-order valence-electron chi connectivity index (χ3n) is 2.79. The molecule has 1 aromatic heterocycles. The van der Waals surface area contributed by atoms with E-state index in [0.717, 1.165) is 29.5 Å². The third kappa shape index (κ3) is 3.22. The maximum Gasteiger partial charge on any atom is 0.0860 e. The lowest BCUT2D eigenvalue weighted by Crippen LogP contribution is -2.26. The molecule has 1 unspecified atom stereocenters. The van der Waals surface area contributed by atoms with Gasteiger partial charge in [-0.25, -0.2) is 0 Å². The molecule has 1 N–H and O–H groups in total. The molecular weight excluding hydrogens is 222 g/mol. The van der Waals surface area contributed by atoms with Crippen molar-refractivity contribution in [3.63, 3.8) is 0 Å². The van der Waals surface area contributed by atoms with Gasteiger partial charge >= 0.3 is 0 Å². The van der Waals surface area contributed by atoms with Crippen molar-refractivity contribution in [1.82, 2.24) is 15.1 Å². The van der Waals surface area contributed by atoms with Crippen LogP contribution < -0.4 is 5.32 Å². The topological polar surface area (TPSA) is 29.9 Å². The van der Waals surface area contributed by atoms with Crippen LogP contribution in [0.15, 0.2) is 0 Å². The Morgan fingerprint density at radius 3 is 2.69 bits per heavy atom. The Kier molecular flexibility index (Phi) is 5.29. The minimum atomic E-state index is 0.529. The molecule has 0 spiro atoms. The number of rotatable bonds is 6. The second-order valence-corrected chi connectivity index (χ2v) is 4.61. The molecule has 1 rings (SSSR count). The molecule has 1 aromatic rings. The summed E-state index contributed by atoms with van der Waals surface area (Å²) >= 11 is 6.23. The Bertz CT molecular complexity index is 333. The van der Waals surface area contributed by atoms with E-state index in [0.29, 0.717) is 6.04 Å². The molecule has 0 aliphatic carbocycles. The first-order valence-electron chi connectivity index (χ1n) is 6.05. The van der Waals surface area contributed by atoms with Gasteiger partial charge in [-0.1, -0.05) is 24.9 Å². The molecule has 1 atom stereocenters. The lowest BCUT2D eigenvalue weighted by molar-refractivity contribution is 0.488. The van der Waals surface area contributed by atoms with Gasteiger partial charge in [-0.3, -0.25) is 4.68 Å². The van der Waals surface area contributed by atoms with Crippen LogP contribution in [0.3, 0.4) is 0 Å². The third-order valence-corrected chi connectivity index (χ3v) is 3.28. The molecule has 0 saturated heterocycles. The van der Waals surface area contributed by atoms with Crippen molar-refractivity contribution in [1.29, 1.82) is 0 Å². The van der Waals surface area contributed by atoms with Crippen LogP contribution in [0.25, 0.3) is 0 Å². The van der Waals surface area contributed by atoms with E-state index in [9.17, 15) is 0 Å². The van der Waals surface area contributed by atoms with Gasteiger partial charge in [0, 0.05) is 19.1 Å². The highest BCUT2D eigenvalue weighted by atomic mass is 35.5. The van der Waals surface area contributed by atoms with Crippen molar-refractivity contribution in [2.24, 2.45) is 0 Å². The fraction of sp³-hybridized carbons (Fsp3) is 0.750. The molecular formula is C12H22ClN3. The monoisotopic (exact) mass is 243 g/mol. The van der Waals surface area contributed by atoms with E-state index in [1.165, 1.54) is 12.8 Å². The van der Waals surface area contributed by atoms with Crippen LogP contribution in [0, 0.1) is 6.92 Å². The van der Waals surface area contributed by atoms with Crippen molar-refractivity contribution >= 4 is 11.6 Å². The van der Waals surface area contributed by atoms with Crippen LogP contribution in [0.2, 0.25) is 5.02 Å². The number of aryl methyl sites for hydroxylation is 2. The van der Waals surface area contributed by atoms with Crippen LogP contribution in [0.5, 0.6) is 0 Å². The highest BCUT2D eigenvalue weighted by molar-refractivity contribution is 6.31. The predicted molar refractivity (Wildman–Crippen MR) is 68.9 cm³/mol. The molecule has 0 aromatic carbocycles. The van der Waals surface area contributed by atoms with E-state index in [2.05, 4.69) is 31.2 Å². The Hall–Kier alpha value is -0.540. The lowest BCUT2D eigenvalue weighted by Gasteiger charge is -2.13. The van der Waals surface area contributed by atoms with Crippen molar-refractivity contribution in [3.8, 4) is 0 Å². The van der Waals surface area contributed by atoms with E-state index >= 15 is 0 Å². The second-order valence-electron chi connectivity index (χ2n) is 4.23. The number of aromatic nitrogens is 2. The Balaban J connectivity index is 2.65. The lowest BCUT2D eigenvalue weighted by atomic mass is 10.2. The first-order chi connectivity index (χ1) is 7.60. The maximum absolute atomic E-state index is 6.23. The standard InChI is InChI=1S/C12H22ClN3/c1-5-7-9(3)14-8-11-12(13)10(4)15-16(11)6-2/h9,14H,5-8H2,1-4H3. The van der Waals surface area contributed by atoms with Gasteiger partial charge in [-0.2, -0.15) is 5.10 Å². The summed E-state index contributed by atoms with van der Waals surface area (Å²) in [7, 11) is 0. The molecule has 1 heterocycles. The van der Waals surface area contributed by atoms with Gasteiger partial charge in [0.05, 0.1) is 16.4 Å². The summed E-state index contributed by atoms with van der Waals surface area (Å²) in [6, 6.07) is 0.529. The Morgan fingerprint density at radius 1 is 1.44 bits per heavy atom. The van der Waals surface area contributed by atoms with Crippen LogP contribution in [0.4, 0.5) is 0 Å². The molecule has 16 heavy (non-hydrogen) atoms. The van der Waals surface area contributed by atoms with Gasteiger partial charge < -0.3 is 5.32 Å². The molecule has 0 aliphatic rings.